The number of ether oxygens (including phenoxy) is 1. The summed E-state index contributed by atoms with van der Waals surface area (Å²) < 4.78 is 47.6. The third kappa shape index (κ3) is 3.66. The van der Waals surface area contributed by atoms with Gasteiger partial charge in [-0.1, -0.05) is 11.6 Å². The zero-order valence-electron chi connectivity index (χ0n) is 10.6. The van der Waals surface area contributed by atoms with Crippen molar-refractivity contribution < 1.29 is 21.7 Å². The Kier molecular flexibility index (Phi) is 4.75. The first-order chi connectivity index (χ1) is 9.83. The van der Waals surface area contributed by atoms with Gasteiger partial charge in [0.1, 0.15) is 16.5 Å². The van der Waals surface area contributed by atoms with Gasteiger partial charge in [-0.25, -0.2) is 4.39 Å². The zero-order chi connectivity index (χ0) is 15.6. The molecule has 2 aromatic carbocycles. The summed E-state index contributed by atoms with van der Waals surface area (Å²) in [5.74, 6) is -0.254. The maximum absolute atomic E-state index is 12.9. The minimum Gasteiger partial charge on any atom is -0.496 e. The first kappa shape index (κ1) is 16.1. The quantitative estimate of drug-likeness (QED) is 0.734. The molecular formula is C13H9BrClFO4S. The fraction of sp³-hybridized carbons (Fsp3) is 0.0769. The average Bonchev–Trinajstić information content (AvgIpc) is 2.42. The molecule has 0 amide bonds. The van der Waals surface area contributed by atoms with Gasteiger partial charge in [0.15, 0.2) is 5.75 Å². The summed E-state index contributed by atoms with van der Waals surface area (Å²) in [5, 5.41) is -0.133. The fourth-order valence-corrected chi connectivity index (χ4v) is 3.43. The molecule has 4 nitrogen and oxygen atoms in total. The van der Waals surface area contributed by atoms with Crippen LogP contribution in [0.15, 0.2) is 45.8 Å². The van der Waals surface area contributed by atoms with Gasteiger partial charge in [0.05, 0.1) is 16.6 Å². The lowest BCUT2D eigenvalue weighted by Crippen LogP contribution is -2.10. The monoisotopic (exact) mass is 394 g/mol. The molecule has 0 aliphatic heterocycles. The molecule has 0 unspecified atom stereocenters. The van der Waals surface area contributed by atoms with Crippen molar-refractivity contribution >= 4 is 37.6 Å². The second-order valence-corrected chi connectivity index (χ2v) is 6.72. The molecule has 112 valence electrons. The van der Waals surface area contributed by atoms with E-state index in [-0.39, 0.29) is 15.7 Å². The van der Waals surface area contributed by atoms with Gasteiger partial charge in [-0.3, -0.25) is 0 Å². The summed E-state index contributed by atoms with van der Waals surface area (Å²) in [6.07, 6.45) is 0. The van der Waals surface area contributed by atoms with Gasteiger partial charge in [-0.15, -0.1) is 0 Å². The molecule has 0 bridgehead atoms. The van der Waals surface area contributed by atoms with Gasteiger partial charge in [0, 0.05) is 0 Å². The highest BCUT2D eigenvalue weighted by molar-refractivity contribution is 9.10. The van der Waals surface area contributed by atoms with Crippen LogP contribution in [0.1, 0.15) is 0 Å². The van der Waals surface area contributed by atoms with Crippen molar-refractivity contribution in [3.63, 3.8) is 0 Å². The third-order valence-corrected chi connectivity index (χ3v) is 4.65. The Hall–Kier alpha value is -1.31. The zero-order valence-corrected chi connectivity index (χ0v) is 13.8. The highest BCUT2D eigenvalue weighted by Gasteiger charge is 2.20. The van der Waals surface area contributed by atoms with E-state index in [1.165, 1.54) is 25.3 Å². The Bertz CT molecular complexity index is 780. The summed E-state index contributed by atoms with van der Waals surface area (Å²) in [6.45, 7) is 0. The molecule has 0 atom stereocenters. The lowest BCUT2D eigenvalue weighted by Gasteiger charge is -2.10. The summed E-state index contributed by atoms with van der Waals surface area (Å²) in [5.41, 5.74) is 0. The van der Waals surface area contributed by atoms with Crippen molar-refractivity contribution in [3.8, 4) is 11.5 Å². The van der Waals surface area contributed by atoms with Crippen LogP contribution in [0.4, 0.5) is 4.39 Å². The first-order valence-corrected chi connectivity index (χ1v) is 8.14. The van der Waals surface area contributed by atoms with Crippen LogP contribution >= 0.6 is 27.5 Å². The van der Waals surface area contributed by atoms with Crippen LogP contribution in [0.2, 0.25) is 5.02 Å². The Morgan fingerprint density at radius 2 is 1.81 bits per heavy atom. The lowest BCUT2D eigenvalue weighted by atomic mass is 10.3. The number of hydrogen-bond acceptors (Lipinski definition) is 4. The van der Waals surface area contributed by atoms with Crippen molar-refractivity contribution in [1.82, 2.24) is 0 Å². The number of hydrogen-bond donors (Lipinski definition) is 0. The van der Waals surface area contributed by atoms with Crippen molar-refractivity contribution in [3.05, 3.63) is 51.7 Å². The molecule has 0 spiro atoms. The van der Waals surface area contributed by atoms with Gasteiger partial charge in [0.2, 0.25) is 0 Å². The molecule has 8 heteroatoms. The first-order valence-electron chi connectivity index (χ1n) is 5.56. The maximum Gasteiger partial charge on any atom is 0.339 e. The minimum atomic E-state index is -4.09. The average molecular weight is 396 g/mol. The Morgan fingerprint density at radius 1 is 1.14 bits per heavy atom. The molecule has 21 heavy (non-hydrogen) atoms. The Morgan fingerprint density at radius 3 is 2.38 bits per heavy atom. The SMILES string of the molecule is COc1ccc(S(=O)(=O)Oc2ccc(F)cc2Cl)cc1Br. The van der Waals surface area contributed by atoms with Crippen molar-refractivity contribution in [1.29, 1.82) is 0 Å². The van der Waals surface area contributed by atoms with Crippen molar-refractivity contribution in [2.75, 3.05) is 7.11 Å². The molecule has 2 rings (SSSR count). The molecule has 0 fully saturated rings. The van der Waals surface area contributed by atoms with Crippen LogP contribution in [0.25, 0.3) is 0 Å². The van der Waals surface area contributed by atoms with Crippen LogP contribution in [0.3, 0.4) is 0 Å². The molecule has 0 aromatic heterocycles. The molecule has 0 heterocycles. The molecule has 0 saturated carbocycles. The summed E-state index contributed by atoms with van der Waals surface area (Å²) in [7, 11) is -2.63. The van der Waals surface area contributed by atoms with E-state index in [9.17, 15) is 12.8 Å². The van der Waals surface area contributed by atoms with E-state index in [2.05, 4.69) is 15.9 Å². The predicted octanol–water partition coefficient (Wildman–Crippen LogP) is 4.02. The molecule has 0 saturated heterocycles. The van der Waals surface area contributed by atoms with E-state index in [1.54, 1.807) is 0 Å². The molecule has 0 radical (unpaired) electrons. The highest BCUT2D eigenvalue weighted by Crippen LogP contribution is 2.31. The van der Waals surface area contributed by atoms with E-state index >= 15 is 0 Å². The Labute approximate surface area is 134 Å². The van der Waals surface area contributed by atoms with Gasteiger partial charge in [-0.05, 0) is 52.3 Å². The van der Waals surface area contributed by atoms with E-state index in [1.807, 2.05) is 0 Å². The lowest BCUT2D eigenvalue weighted by molar-refractivity contribution is 0.411. The molecule has 2 aromatic rings. The van der Waals surface area contributed by atoms with E-state index in [0.29, 0.717) is 10.2 Å². The van der Waals surface area contributed by atoms with E-state index < -0.39 is 15.9 Å². The van der Waals surface area contributed by atoms with Crippen LogP contribution in [0, 0.1) is 5.82 Å². The molecule has 0 aliphatic carbocycles. The highest BCUT2D eigenvalue weighted by atomic mass is 79.9. The van der Waals surface area contributed by atoms with Gasteiger partial charge in [-0.2, -0.15) is 8.42 Å². The number of halogens is 3. The van der Waals surface area contributed by atoms with Crippen LogP contribution in [-0.2, 0) is 10.1 Å². The van der Waals surface area contributed by atoms with E-state index in [0.717, 1.165) is 18.2 Å². The second-order valence-electron chi connectivity index (χ2n) is 3.91. The van der Waals surface area contributed by atoms with Crippen LogP contribution in [-0.4, -0.2) is 15.5 Å². The minimum absolute atomic E-state index is 0.0874. The van der Waals surface area contributed by atoms with Crippen LogP contribution in [0.5, 0.6) is 11.5 Å². The van der Waals surface area contributed by atoms with E-state index in [4.69, 9.17) is 20.5 Å². The number of rotatable bonds is 4. The van der Waals surface area contributed by atoms with Gasteiger partial charge < -0.3 is 8.92 Å². The molecule has 0 N–H and O–H groups in total. The summed E-state index contributed by atoms with van der Waals surface area (Å²) >= 11 is 8.93. The smallest absolute Gasteiger partial charge is 0.339 e. The normalized spacial score (nSPS) is 11.2. The Balaban J connectivity index is 2.36. The van der Waals surface area contributed by atoms with Crippen LogP contribution < -0.4 is 8.92 Å². The predicted molar refractivity (Wildman–Crippen MR) is 79.9 cm³/mol. The number of benzene rings is 2. The van der Waals surface area contributed by atoms with Gasteiger partial charge in [0.25, 0.3) is 0 Å². The maximum atomic E-state index is 12.9. The van der Waals surface area contributed by atoms with Crippen molar-refractivity contribution in [2.45, 2.75) is 4.90 Å². The van der Waals surface area contributed by atoms with Gasteiger partial charge >= 0.3 is 10.1 Å². The second kappa shape index (κ2) is 6.21. The fourth-order valence-electron chi connectivity index (χ4n) is 1.51. The van der Waals surface area contributed by atoms with Crippen molar-refractivity contribution in [2.24, 2.45) is 0 Å². The largest absolute Gasteiger partial charge is 0.496 e. The molecular weight excluding hydrogens is 387 g/mol. The molecule has 0 aliphatic rings. The number of methoxy groups -OCH3 is 1. The third-order valence-electron chi connectivity index (χ3n) is 2.51. The summed E-state index contributed by atoms with van der Waals surface area (Å²) in [4.78, 5) is -0.0874. The summed E-state index contributed by atoms with van der Waals surface area (Å²) in [6, 6.07) is 7.32. The standard InChI is InChI=1S/C13H9BrClFO4S/c1-19-12-5-3-9(7-10(12)14)21(17,18)20-13-4-2-8(16)6-11(13)15/h2-7H,1H3. The topological polar surface area (TPSA) is 52.6 Å².